The van der Waals surface area contributed by atoms with Crippen molar-refractivity contribution >= 4 is 16.7 Å². The normalized spacial score (nSPS) is 20.7. The lowest BCUT2D eigenvalue weighted by Crippen LogP contribution is -2.35. The van der Waals surface area contributed by atoms with Gasteiger partial charge in [0.25, 0.3) is 5.91 Å². The van der Waals surface area contributed by atoms with Crippen LogP contribution in [-0.2, 0) is 0 Å². The van der Waals surface area contributed by atoms with Gasteiger partial charge in [0.05, 0.1) is 13.2 Å². The first-order chi connectivity index (χ1) is 11.1. The maximum absolute atomic E-state index is 12.7. The van der Waals surface area contributed by atoms with Crippen LogP contribution in [0.3, 0.4) is 0 Å². The van der Waals surface area contributed by atoms with Gasteiger partial charge in [0.1, 0.15) is 5.69 Å². The van der Waals surface area contributed by atoms with Gasteiger partial charge in [-0.1, -0.05) is 24.6 Å². The van der Waals surface area contributed by atoms with Crippen molar-refractivity contribution in [3.63, 3.8) is 0 Å². The molecule has 1 aromatic heterocycles. The Kier molecular flexibility index (Phi) is 4.48. The van der Waals surface area contributed by atoms with E-state index in [9.17, 15) is 9.90 Å². The number of aromatic nitrogens is 1. The average Bonchev–Trinajstić information content (AvgIpc) is 2.97. The van der Waals surface area contributed by atoms with E-state index in [-0.39, 0.29) is 17.9 Å². The predicted octanol–water partition coefficient (Wildman–Crippen LogP) is 2.48. The highest BCUT2D eigenvalue weighted by atomic mass is 16.5. The molecule has 0 radical (unpaired) electrons. The molecular weight excluding hydrogens is 292 g/mol. The molecule has 1 aliphatic rings. The third kappa shape index (κ3) is 3.15. The Balaban J connectivity index is 1.85. The first kappa shape index (κ1) is 15.7. The Hall–Kier alpha value is -2.14. The number of amides is 1. The van der Waals surface area contributed by atoms with Crippen molar-refractivity contribution in [2.45, 2.75) is 25.4 Å². The number of rotatable bonds is 4. The monoisotopic (exact) mass is 314 g/mol. The van der Waals surface area contributed by atoms with E-state index in [2.05, 4.69) is 4.98 Å². The smallest absolute Gasteiger partial charge is 0.272 e. The first-order valence-electron chi connectivity index (χ1n) is 7.97. The largest absolute Gasteiger partial charge is 0.481 e. The minimum absolute atomic E-state index is 0.145. The molecule has 1 fully saturated rings. The lowest BCUT2D eigenvalue weighted by molar-refractivity contribution is 0.0687. The fraction of sp³-hybridized carbons (Fsp3) is 0.444. The van der Waals surface area contributed by atoms with Gasteiger partial charge in [-0.2, -0.15) is 0 Å². The van der Waals surface area contributed by atoms with E-state index >= 15 is 0 Å². The molecule has 2 atom stereocenters. The van der Waals surface area contributed by atoms with E-state index in [1.54, 1.807) is 25.1 Å². The Labute approximate surface area is 135 Å². The summed E-state index contributed by atoms with van der Waals surface area (Å²) >= 11 is 0. The molecule has 1 N–H and O–H groups in total. The fourth-order valence-electron chi connectivity index (χ4n) is 3.29. The van der Waals surface area contributed by atoms with Crippen LogP contribution in [0.15, 0.2) is 30.3 Å². The summed E-state index contributed by atoms with van der Waals surface area (Å²) in [6.45, 7) is 0.552. The predicted molar refractivity (Wildman–Crippen MR) is 88.6 cm³/mol. The van der Waals surface area contributed by atoms with Gasteiger partial charge in [0.2, 0.25) is 5.88 Å². The van der Waals surface area contributed by atoms with E-state index in [1.807, 2.05) is 24.3 Å². The van der Waals surface area contributed by atoms with E-state index in [0.29, 0.717) is 18.1 Å². The Morgan fingerprint density at radius 3 is 2.87 bits per heavy atom. The van der Waals surface area contributed by atoms with Crippen LogP contribution in [0, 0.1) is 5.92 Å². The summed E-state index contributed by atoms with van der Waals surface area (Å²) in [6, 6.07) is 9.50. The van der Waals surface area contributed by atoms with E-state index in [0.717, 1.165) is 30.0 Å². The summed E-state index contributed by atoms with van der Waals surface area (Å²) in [7, 11) is 3.32. The Morgan fingerprint density at radius 2 is 2.17 bits per heavy atom. The summed E-state index contributed by atoms with van der Waals surface area (Å²) < 4.78 is 5.33. The van der Waals surface area contributed by atoms with Gasteiger partial charge < -0.3 is 14.7 Å². The molecule has 23 heavy (non-hydrogen) atoms. The number of nitrogens with zero attached hydrogens (tertiary/aromatic N) is 2. The van der Waals surface area contributed by atoms with E-state index < -0.39 is 0 Å². The molecule has 1 amide bonds. The molecule has 2 aromatic rings. The van der Waals surface area contributed by atoms with Gasteiger partial charge in [-0.25, -0.2) is 4.98 Å². The summed E-state index contributed by atoms with van der Waals surface area (Å²) in [4.78, 5) is 18.7. The van der Waals surface area contributed by atoms with E-state index in [1.165, 1.54) is 0 Å². The van der Waals surface area contributed by atoms with Gasteiger partial charge in [0.15, 0.2) is 0 Å². The third-order valence-corrected chi connectivity index (χ3v) is 4.59. The van der Waals surface area contributed by atoms with Crippen LogP contribution in [0.4, 0.5) is 0 Å². The van der Waals surface area contributed by atoms with Crippen LogP contribution in [0.2, 0.25) is 0 Å². The zero-order chi connectivity index (χ0) is 16.4. The maximum atomic E-state index is 12.7. The second-order valence-electron chi connectivity index (χ2n) is 6.18. The molecular formula is C18H22N2O3. The number of benzene rings is 1. The van der Waals surface area contributed by atoms with Crippen molar-refractivity contribution in [2.75, 3.05) is 20.7 Å². The number of hydrogen-bond donors (Lipinski definition) is 1. The van der Waals surface area contributed by atoms with Gasteiger partial charge in [-0.05, 0) is 30.4 Å². The highest BCUT2D eigenvalue weighted by Gasteiger charge is 2.28. The number of methoxy groups -OCH3 is 1. The van der Waals surface area contributed by atoms with Crippen molar-refractivity contribution in [3.05, 3.63) is 36.0 Å². The Morgan fingerprint density at radius 1 is 1.39 bits per heavy atom. The summed E-state index contributed by atoms with van der Waals surface area (Å²) in [5, 5.41) is 11.8. The molecule has 5 nitrogen and oxygen atoms in total. The van der Waals surface area contributed by atoms with Crippen LogP contribution < -0.4 is 4.74 Å². The summed E-state index contributed by atoms with van der Waals surface area (Å²) in [5.74, 6) is 0.472. The van der Waals surface area contributed by atoms with Crippen molar-refractivity contribution in [2.24, 2.45) is 5.92 Å². The molecule has 0 bridgehead atoms. The van der Waals surface area contributed by atoms with Crippen LogP contribution in [0.5, 0.6) is 5.88 Å². The Bertz CT molecular complexity index is 716. The molecule has 0 saturated heterocycles. The molecule has 1 aliphatic carbocycles. The average molecular weight is 314 g/mol. The molecule has 5 heteroatoms. The van der Waals surface area contributed by atoms with Gasteiger partial charge in [-0.15, -0.1) is 0 Å². The number of aliphatic hydroxyl groups is 1. The van der Waals surface area contributed by atoms with Crippen LogP contribution >= 0.6 is 0 Å². The highest BCUT2D eigenvalue weighted by molar-refractivity contribution is 5.98. The topological polar surface area (TPSA) is 62.7 Å². The molecule has 3 rings (SSSR count). The molecule has 0 spiro atoms. The number of carbonyl (C=O) groups is 1. The first-order valence-corrected chi connectivity index (χ1v) is 7.97. The van der Waals surface area contributed by atoms with Gasteiger partial charge in [-0.3, -0.25) is 4.79 Å². The molecule has 1 aromatic carbocycles. The molecule has 122 valence electrons. The number of fused-ring (bicyclic) bond motifs is 1. The number of carbonyl (C=O) groups excluding carboxylic acids is 1. The third-order valence-electron chi connectivity index (χ3n) is 4.59. The zero-order valence-electron chi connectivity index (χ0n) is 13.5. The van der Waals surface area contributed by atoms with Gasteiger partial charge >= 0.3 is 0 Å². The fourth-order valence-corrected chi connectivity index (χ4v) is 3.29. The second-order valence-corrected chi connectivity index (χ2v) is 6.18. The minimum Gasteiger partial charge on any atom is -0.481 e. The number of ether oxygens (including phenoxy) is 1. The SMILES string of the molecule is COc1nc(C(=O)N(C)CC2CCCC2O)cc2ccccc12. The molecule has 1 saturated carbocycles. The van der Waals surface area contributed by atoms with Crippen LogP contribution in [-0.4, -0.2) is 47.7 Å². The van der Waals surface area contributed by atoms with Crippen LogP contribution in [0.25, 0.3) is 10.8 Å². The van der Waals surface area contributed by atoms with Crippen molar-refractivity contribution in [1.82, 2.24) is 9.88 Å². The summed E-state index contributed by atoms with van der Waals surface area (Å²) in [6.07, 6.45) is 2.52. The molecule has 0 aliphatic heterocycles. The van der Waals surface area contributed by atoms with Crippen molar-refractivity contribution < 1.29 is 14.6 Å². The molecule has 1 heterocycles. The van der Waals surface area contributed by atoms with Crippen molar-refractivity contribution in [1.29, 1.82) is 0 Å². The number of aliphatic hydroxyl groups excluding tert-OH is 1. The van der Waals surface area contributed by atoms with Gasteiger partial charge in [0, 0.05) is 24.9 Å². The lowest BCUT2D eigenvalue weighted by Gasteiger charge is -2.23. The number of hydrogen-bond acceptors (Lipinski definition) is 4. The minimum atomic E-state index is -0.302. The molecule has 2 unspecified atom stereocenters. The maximum Gasteiger partial charge on any atom is 0.272 e. The lowest BCUT2D eigenvalue weighted by atomic mass is 10.1. The van der Waals surface area contributed by atoms with E-state index in [4.69, 9.17) is 4.74 Å². The van der Waals surface area contributed by atoms with Crippen molar-refractivity contribution in [3.8, 4) is 5.88 Å². The quantitative estimate of drug-likeness (QED) is 0.942. The highest BCUT2D eigenvalue weighted by Crippen LogP contribution is 2.27. The second kappa shape index (κ2) is 6.54. The summed E-state index contributed by atoms with van der Waals surface area (Å²) in [5.41, 5.74) is 0.371. The number of pyridine rings is 1. The van der Waals surface area contributed by atoms with Crippen LogP contribution in [0.1, 0.15) is 29.8 Å². The standard InChI is InChI=1S/C18H22N2O3/c1-20(11-13-7-5-9-16(13)21)18(22)15-10-12-6-3-4-8-14(12)17(19-15)23-2/h3-4,6,8,10,13,16,21H,5,7,9,11H2,1-2H3. The zero-order valence-corrected chi connectivity index (χ0v) is 13.5.